The predicted molar refractivity (Wildman–Crippen MR) is 81.7 cm³/mol. The molecule has 1 unspecified atom stereocenters. The van der Waals surface area contributed by atoms with E-state index in [0.29, 0.717) is 6.04 Å². The van der Waals surface area contributed by atoms with Gasteiger partial charge in [-0.15, -0.1) is 17.9 Å². The van der Waals surface area contributed by atoms with Gasteiger partial charge in [-0.2, -0.15) is 0 Å². The SMILES string of the molecule is C=CCCOCCNC(C)c1cnc2ccsc2c1. The van der Waals surface area contributed by atoms with Gasteiger partial charge in [0.2, 0.25) is 0 Å². The van der Waals surface area contributed by atoms with Crippen molar-refractivity contribution in [2.75, 3.05) is 19.8 Å². The van der Waals surface area contributed by atoms with Crippen molar-refractivity contribution >= 4 is 21.6 Å². The zero-order chi connectivity index (χ0) is 13.5. The minimum atomic E-state index is 0.294. The van der Waals surface area contributed by atoms with Crippen molar-refractivity contribution in [1.29, 1.82) is 0 Å². The molecule has 1 N–H and O–H groups in total. The highest BCUT2D eigenvalue weighted by Gasteiger charge is 2.06. The second kappa shape index (κ2) is 7.38. The lowest BCUT2D eigenvalue weighted by molar-refractivity contribution is 0.138. The van der Waals surface area contributed by atoms with Gasteiger partial charge in [0.05, 0.1) is 23.4 Å². The van der Waals surface area contributed by atoms with Crippen LogP contribution in [0.5, 0.6) is 0 Å². The van der Waals surface area contributed by atoms with Gasteiger partial charge in [-0.25, -0.2) is 0 Å². The Kier molecular flexibility index (Phi) is 5.51. The first-order valence-electron chi connectivity index (χ1n) is 6.56. The fraction of sp³-hybridized carbons (Fsp3) is 0.400. The van der Waals surface area contributed by atoms with E-state index in [0.717, 1.165) is 31.7 Å². The van der Waals surface area contributed by atoms with E-state index in [-0.39, 0.29) is 0 Å². The van der Waals surface area contributed by atoms with Crippen LogP contribution in [0.15, 0.2) is 36.4 Å². The molecular formula is C15H20N2OS. The third kappa shape index (κ3) is 4.13. The van der Waals surface area contributed by atoms with Crippen LogP contribution in [-0.4, -0.2) is 24.7 Å². The average Bonchev–Trinajstić information content (AvgIpc) is 2.89. The molecule has 0 amide bonds. The molecule has 0 saturated carbocycles. The maximum Gasteiger partial charge on any atom is 0.0809 e. The summed E-state index contributed by atoms with van der Waals surface area (Å²) in [6.07, 6.45) is 4.73. The Labute approximate surface area is 118 Å². The van der Waals surface area contributed by atoms with Crippen molar-refractivity contribution in [2.45, 2.75) is 19.4 Å². The first-order valence-corrected chi connectivity index (χ1v) is 7.44. The number of pyridine rings is 1. The third-order valence-corrected chi connectivity index (χ3v) is 3.84. The summed E-state index contributed by atoms with van der Waals surface area (Å²) < 4.78 is 6.71. The summed E-state index contributed by atoms with van der Waals surface area (Å²) >= 11 is 1.73. The van der Waals surface area contributed by atoms with Crippen LogP contribution in [0.25, 0.3) is 10.2 Å². The van der Waals surface area contributed by atoms with Crippen LogP contribution in [0.1, 0.15) is 24.9 Å². The van der Waals surface area contributed by atoms with Gasteiger partial charge < -0.3 is 10.1 Å². The summed E-state index contributed by atoms with van der Waals surface area (Å²) in [5.41, 5.74) is 2.30. The molecule has 1 atom stereocenters. The van der Waals surface area contributed by atoms with E-state index in [2.05, 4.69) is 41.3 Å². The summed E-state index contributed by atoms with van der Waals surface area (Å²) in [5.74, 6) is 0. The van der Waals surface area contributed by atoms with Gasteiger partial charge in [0.1, 0.15) is 0 Å². The van der Waals surface area contributed by atoms with E-state index in [9.17, 15) is 0 Å². The number of thiophene rings is 1. The molecule has 4 heteroatoms. The molecule has 2 aromatic rings. The molecule has 0 spiro atoms. The molecule has 0 aliphatic carbocycles. The molecule has 2 aromatic heterocycles. The van der Waals surface area contributed by atoms with E-state index < -0.39 is 0 Å². The van der Waals surface area contributed by atoms with Crippen LogP contribution in [0.4, 0.5) is 0 Å². The van der Waals surface area contributed by atoms with Crippen LogP contribution in [-0.2, 0) is 4.74 Å². The molecule has 0 aliphatic heterocycles. The zero-order valence-electron chi connectivity index (χ0n) is 11.3. The van der Waals surface area contributed by atoms with Crippen molar-refractivity contribution < 1.29 is 4.74 Å². The van der Waals surface area contributed by atoms with Crippen molar-refractivity contribution in [3.8, 4) is 0 Å². The summed E-state index contributed by atoms with van der Waals surface area (Å²) in [6, 6.07) is 4.56. The number of hydrogen-bond acceptors (Lipinski definition) is 4. The number of nitrogens with zero attached hydrogens (tertiary/aromatic N) is 1. The lowest BCUT2D eigenvalue weighted by atomic mass is 10.1. The molecule has 3 nitrogen and oxygen atoms in total. The first-order chi connectivity index (χ1) is 9.31. The van der Waals surface area contributed by atoms with Gasteiger partial charge in [-0.3, -0.25) is 4.98 Å². The van der Waals surface area contributed by atoms with Gasteiger partial charge in [0.25, 0.3) is 0 Å². The summed E-state index contributed by atoms with van der Waals surface area (Å²) in [5, 5.41) is 5.52. The van der Waals surface area contributed by atoms with E-state index in [1.54, 1.807) is 11.3 Å². The first kappa shape index (κ1) is 14.2. The van der Waals surface area contributed by atoms with E-state index in [1.807, 2.05) is 12.3 Å². The number of hydrogen-bond donors (Lipinski definition) is 1. The number of rotatable bonds is 8. The van der Waals surface area contributed by atoms with Gasteiger partial charge in [-0.05, 0) is 36.4 Å². The normalized spacial score (nSPS) is 12.7. The van der Waals surface area contributed by atoms with Crippen molar-refractivity contribution in [1.82, 2.24) is 10.3 Å². The average molecular weight is 276 g/mol. The lowest BCUT2D eigenvalue weighted by Gasteiger charge is -2.14. The maximum absolute atomic E-state index is 5.47. The second-order valence-electron chi connectivity index (χ2n) is 4.44. The summed E-state index contributed by atoms with van der Waals surface area (Å²) in [7, 11) is 0. The lowest BCUT2D eigenvalue weighted by Crippen LogP contribution is -2.23. The standard InChI is InChI=1S/C15H20N2OS/c1-3-4-7-18-8-6-16-12(2)13-10-15-14(17-11-13)5-9-19-15/h3,5,9-12,16H,1,4,6-8H2,2H3. The summed E-state index contributed by atoms with van der Waals surface area (Å²) in [4.78, 5) is 4.46. The third-order valence-electron chi connectivity index (χ3n) is 2.99. The van der Waals surface area contributed by atoms with Crippen molar-refractivity contribution in [3.05, 3.63) is 41.9 Å². The summed E-state index contributed by atoms with van der Waals surface area (Å²) in [6.45, 7) is 8.15. The highest BCUT2D eigenvalue weighted by molar-refractivity contribution is 7.17. The minimum absolute atomic E-state index is 0.294. The van der Waals surface area contributed by atoms with Gasteiger partial charge in [-0.1, -0.05) is 6.08 Å². The number of fused-ring (bicyclic) bond motifs is 1. The second-order valence-corrected chi connectivity index (χ2v) is 5.39. The van der Waals surface area contributed by atoms with Crippen LogP contribution >= 0.6 is 11.3 Å². The quantitative estimate of drug-likeness (QED) is 0.591. The molecule has 0 bridgehead atoms. The maximum atomic E-state index is 5.47. The zero-order valence-corrected chi connectivity index (χ0v) is 12.1. The molecule has 0 aromatic carbocycles. The molecule has 2 heterocycles. The van der Waals surface area contributed by atoms with Gasteiger partial charge in [0, 0.05) is 18.8 Å². The fourth-order valence-corrected chi connectivity index (χ4v) is 2.62. The number of nitrogens with one attached hydrogen (secondary N) is 1. The molecule has 19 heavy (non-hydrogen) atoms. The monoisotopic (exact) mass is 276 g/mol. The Bertz CT molecular complexity index is 524. The molecule has 0 fully saturated rings. The Morgan fingerprint density at radius 3 is 3.26 bits per heavy atom. The number of ether oxygens (including phenoxy) is 1. The van der Waals surface area contributed by atoms with E-state index in [4.69, 9.17) is 4.74 Å². The van der Waals surface area contributed by atoms with Gasteiger partial charge >= 0.3 is 0 Å². The molecule has 0 saturated heterocycles. The molecule has 2 rings (SSSR count). The molecule has 102 valence electrons. The van der Waals surface area contributed by atoms with E-state index in [1.165, 1.54) is 10.3 Å². The Hall–Kier alpha value is -1.23. The Morgan fingerprint density at radius 2 is 2.42 bits per heavy atom. The topological polar surface area (TPSA) is 34.1 Å². The van der Waals surface area contributed by atoms with Crippen LogP contribution < -0.4 is 5.32 Å². The van der Waals surface area contributed by atoms with Gasteiger partial charge in [0.15, 0.2) is 0 Å². The molecule has 0 radical (unpaired) electrons. The predicted octanol–water partition coefficient (Wildman–Crippen LogP) is 3.54. The van der Waals surface area contributed by atoms with Crippen LogP contribution in [0, 0.1) is 0 Å². The largest absolute Gasteiger partial charge is 0.380 e. The molecule has 0 aliphatic rings. The number of aromatic nitrogens is 1. The smallest absolute Gasteiger partial charge is 0.0809 e. The van der Waals surface area contributed by atoms with Crippen LogP contribution in [0.2, 0.25) is 0 Å². The highest BCUT2D eigenvalue weighted by Crippen LogP contribution is 2.22. The highest BCUT2D eigenvalue weighted by atomic mass is 32.1. The molecular weight excluding hydrogens is 256 g/mol. The van der Waals surface area contributed by atoms with Crippen molar-refractivity contribution in [2.24, 2.45) is 0 Å². The van der Waals surface area contributed by atoms with Crippen LogP contribution in [0.3, 0.4) is 0 Å². The Morgan fingerprint density at radius 1 is 1.53 bits per heavy atom. The van der Waals surface area contributed by atoms with Crippen molar-refractivity contribution in [3.63, 3.8) is 0 Å². The van der Waals surface area contributed by atoms with E-state index >= 15 is 0 Å². The fourth-order valence-electron chi connectivity index (χ4n) is 1.83. The minimum Gasteiger partial charge on any atom is -0.380 e. The Balaban J connectivity index is 1.78.